The van der Waals surface area contributed by atoms with Crippen LogP contribution in [0.15, 0.2) is 18.3 Å². The van der Waals surface area contributed by atoms with E-state index in [0.29, 0.717) is 23.9 Å². The minimum atomic E-state index is -0.385. The fraction of sp³-hybridized carbons (Fsp3) is 0.500. The van der Waals surface area contributed by atoms with Gasteiger partial charge in [0.15, 0.2) is 0 Å². The molecule has 1 heterocycles. The van der Waals surface area contributed by atoms with Gasteiger partial charge in [-0.2, -0.15) is 0 Å². The summed E-state index contributed by atoms with van der Waals surface area (Å²) in [4.78, 5) is 15.4. The van der Waals surface area contributed by atoms with Crippen LogP contribution in [0, 0.1) is 5.92 Å². The van der Waals surface area contributed by atoms with E-state index in [2.05, 4.69) is 18.8 Å². The van der Waals surface area contributed by atoms with E-state index in [1.165, 1.54) is 6.20 Å². The number of pyridine rings is 1. The summed E-state index contributed by atoms with van der Waals surface area (Å²) in [7, 11) is 0. The van der Waals surface area contributed by atoms with E-state index >= 15 is 0 Å². The van der Waals surface area contributed by atoms with Crippen molar-refractivity contribution in [3.63, 3.8) is 0 Å². The molecule has 0 amide bonds. The van der Waals surface area contributed by atoms with E-state index in [1.807, 2.05) is 0 Å². The standard InChI is InChI=1S/C12H18N2O2/c1-9(2)4-3-7-16-12(15)11-6-5-10(13)8-14-11/h5-6,8-9H,3-4,7,13H2,1-2H3. The van der Waals surface area contributed by atoms with Crippen molar-refractivity contribution in [1.82, 2.24) is 4.98 Å². The van der Waals surface area contributed by atoms with Crippen LogP contribution < -0.4 is 5.73 Å². The zero-order valence-electron chi connectivity index (χ0n) is 9.77. The first-order valence-corrected chi connectivity index (χ1v) is 5.48. The second-order valence-corrected chi connectivity index (χ2v) is 4.15. The number of carbonyl (C=O) groups excluding carboxylic acids is 1. The second kappa shape index (κ2) is 6.10. The Morgan fingerprint density at radius 2 is 2.25 bits per heavy atom. The summed E-state index contributed by atoms with van der Waals surface area (Å²) in [6, 6.07) is 3.21. The second-order valence-electron chi connectivity index (χ2n) is 4.15. The first-order chi connectivity index (χ1) is 7.59. The molecule has 0 saturated carbocycles. The van der Waals surface area contributed by atoms with Gasteiger partial charge in [0.2, 0.25) is 0 Å². The molecule has 0 atom stereocenters. The Labute approximate surface area is 95.8 Å². The van der Waals surface area contributed by atoms with E-state index in [9.17, 15) is 4.79 Å². The number of anilines is 1. The highest BCUT2D eigenvalue weighted by Crippen LogP contribution is 2.06. The van der Waals surface area contributed by atoms with Gasteiger partial charge in [0.1, 0.15) is 5.69 Å². The van der Waals surface area contributed by atoms with Gasteiger partial charge in [-0.15, -0.1) is 0 Å². The number of nitrogens with zero attached hydrogens (tertiary/aromatic N) is 1. The van der Waals surface area contributed by atoms with Gasteiger partial charge in [-0.1, -0.05) is 13.8 Å². The lowest BCUT2D eigenvalue weighted by Crippen LogP contribution is -2.09. The zero-order valence-corrected chi connectivity index (χ0v) is 9.77. The molecule has 16 heavy (non-hydrogen) atoms. The van der Waals surface area contributed by atoms with Crippen molar-refractivity contribution >= 4 is 11.7 Å². The third-order valence-corrected chi connectivity index (χ3v) is 2.15. The first kappa shape index (κ1) is 12.5. The molecule has 0 saturated heterocycles. The minimum Gasteiger partial charge on any atom is -0.461 e. The van der Waals surface area contributed by atoms with Crippen LogP contribution in [0.3, 0.4) is 0 Å². The number of rotatable bonds is 5. The molecule has 88 valence electrons. The molecule has 0 aromatic carbocycles. The summed E-state index contributed by atoms with van der Waals surface area (Å²) in [6.07, 6.45) is 3.39. The van der Waals surface area contributed by atoms with Gasteiger partial charge in [0.25, 0.3) is 0 Å². The van der Waals surface area contributed by atoms with Gasteiger partial charge in [-0.3, -0.25) is 0 Å². The van der Waals surface area contributed by atoms with E-state index in [1.54, 1.807) is 12.1 Å². The molecule has 4 nitrogen and oxygen atoms in total. The Kier molecular flexibility index (Phi) is 4.76. The molecule has 0 aliphatic heterocycles. The number of carbonyl (C=O) groups is 1. The molecular weight excluding hydrogens is 204 g/mol. The highest BCUT2D eigenvalue weighted by molar-refractivity contribution is 5.87. The molecule has 0 spiro atoms. The summed E-state index contributed by atoms with van der Waals surface area (Å²) in [6.45, 7) is 4.73. The maximum absolute atomic E-state index is 11.5. The average molecular weight is 222 g/mol. The molecular formula is C12H18N2O2. The Hall–Kier alpha value is -1.58. The van der Waals surface area contributed by atoms with Crippen molar-refractivity contribution in [2.24, 2.45) is 5.92 Å². The minimum absolute atomic E-state index is 0.304. The Morgan fingerprint density at radius 3 is 2.81 bits per heavy atom. The van der Waals surface area contributed by atoms with Crippen molar-refractivity contribution in [1.29, 1.82) is 0 Å². The number of hydrogen-bond donors (Lipinski definition) is 1. The Bertz CT molecular complexity index is 333. The van der Waals surface area contributed by atoms with E-state index < -0.39 is 0 Å². The molecule has 2 N–H and O–H groups in total. The molecule has 0 unspecified atom stereocenters. The van der Waals surface area contributed by atoms with Gasteiger partial charge >= 0.3 is 5.97 Å². The molecule has 0 fully saturated rings. The number of hydrogen-bond acceptors (Lipinski definition) is 4. The summed E-state index contributed by atoms with van der Waals surface area (Å²) in [5.74, 6) is 0.247. The SMILES string of the molecule is CC(C)CCCOC(=O)c1ccc(N)cn1. The van der Waals surface area contributed by atoms with Crippen LogP contribution in [0.2, 0.25) is 0 Å². The lowest BCUT2D eigenvalue weighted by atomic mass is 10.1. The number of ether oxygens (including phenoxy) is 1. The monoisotopic (exact) mass is 222 g/mol. The lowest BCUT2D eigenvalue weighted by molar-refractivity contribution is 0.0488. The molecule has 0 aliphatic carbocycles. The van der Waals surface area contributed by atoms with E-state index in [0.717, 1.165) is 12.8 Å². The zero-order chi connectivity index (χ0) is 12.0. The van der Waals surface area contributed by atoms with Crippen LogP contribution in [0.5, 0.6) is 0 Å². The molecule has 1 aromatic heterocycles. The van der Waals surface area contributed by atoms with Crippen LogP contribution in [0.25, 0.3) is 0 Å². The van der Waals surface area contributed by atoms with Crippen molar-refractivity contribution in [2.45, 2.75) is 26.7 Å². The fourth-order valence-corrected chi connectivity index (χ4v) is 1.26. The molecule has 0 bridgehead atoms. The summed E-state index contributed by atoms with van der Waals surface area (Å²) in [5, 5.41) is 0. The van der Waals surface area contributed by atoms with Crippen molar-refractivity contribution < 1.29 is 9.53 Å². The maximum Gasteiger partial charge on any atom is 0.356 e. The maximum atomic E-state index is 11.5. The highest BCUT2D eigenvalue weighted by Gasteiger charge is 2.07. The van der Waals surface area contributed by atoms with Crippen LogP contribution in [0.4, 0.5) is 5.69 Å². The Balaban J connectivity index is 2.32. The van der Waals surface area contributed by atoms with Crippen molar-refractivity contribution in [3.8, 4) is 0 Å². The largest absolute Gasteiger partial charge is 0.461 e. The van der Waals surface area contributed by atoms with Gasteiger partial charge in [0, 0.05) is 0 Å². The number of esters is 1. The van der Waals surface area contributed by atoms with Gasteiger partial charge in [-0.05, 0) is 30.9 Å². The predicted octanol–water partition coefficient (Wildman–Crippen LogP) is 2.26. The average Bonchev–Trinajstić information content (AvgIpc) is 2.25. The van der Waals surface area contributed by atoms with Gasteiger partial charge in [0.05, 0.1) is 18.5 Å². The van der Waals surface area contributed by atoms with Crippen molar-refractivity contribution in [2.75, 3.05) is 12.3 Å². The van der Waals surface area contributed by atoms with Crippen LogP contribution >= 0.6 is 0 Å². The first-order valence-electron chi connectivity index (χ1n) is 5.48. The van der Waals surface area contributed by atoms with Gasteiger partial charge in [-0.25, -0.2) is 9.78 Å². The highest BCUT2D eigenvalue weighted by atomic mass is 16.5. The van der Waals surface area contributed by atoms with E-state index in [4.69, 9.17) is 10.5 Å². The molecule has 1 rings (SSSR count). The summed E-state index contributed by atoms with van der Waals surface area (Å²) >= 11 is 0. The van der Waals surface area contributed by atoms with Crippen LogP contribution in [-0.2, 0) is 4.74 Å². The summed E-state index contributed by atoms with van der Waals surface area (Å²) < 4.78 is 5.08. The van der Waals surface area contributed by atoms with E-state index in [-0.39, 0.29) is 5.97 Å². The van der Waals surface area contributed by atoms with Crippen LogP contribution in [-0.4, -0.2) is 17.6 Å². The third kappa shape index (κ3) is 4.29. The molecule has 0 aliphatic rings. The lowest BCUT2D eigenvalue weighted by Gasteiger charge is -2.06. The topological polar surface area (TPSA) is 65.2 Å². The number of nitrogen functional groups attached to an aromatic ring is 1. The third-order valence-electron chi connectivity index (χ3n) is 2.15. The summed E-state index contributed by atoms with van der Waals surface area (Å²) in [5.41, 5.74) is 6.31. The molecule has 1 aromatic rings. The molecule has 0 radical (unpaired) electrons. The van der Waals surface area contributed by atoms with Crippen LogP contribution in [0.1, 0.15) is 37.2 Å². The fourth-order valence-electron chi connectivity index (χ4n) is 1.26. The quantitative estimate of drug-likeness (QED) is 0.613. The normalized spacial score (nSPS) is 10.4. The molecule has 4 heteroatoms. The van der Waals surface area contributed by atoms with Crippen molar-refractivity contribution in [3.05, 3.63) is 24.0 Å². The smallest absolute Gasteiger partial charge is 0.356 e. The number of nitrogens with two attached hydrogens (primary N) is 1. The predicted molar refractivity (Wildman–Crippen MR) is 63.0 cm³/mol. The van der Waals surface area contributed by atoms with Gasteiger partial charge < -0.3 is 10.5 Å². The Morgan fingerprint density at radius 1 is 1.50 bits per heavy atom. The number of aromatic nitrogens is 1.